The van der Waals surface area contributed by atoms with Crippen LogP contribution in [0.5, 0.6) is 0 Å². The molecule has 0 aliphatic carbocycles. The molecule has 0 saturated carbocycles. The van der Waals surface area contributed by atoms with Crippen LogP contribution in [-0.4, -0.2) is 28.8 Å². The Morgan fingerprint density at radius 2 is 2.17 bits per heavy atom. The fourth-order valence-corrected chi connectivity index (χ4v) is 3.18. The third kappa shape index (κ3) is 3.45. The van der Waals surface area contributed by atoms with Gasteiger partial charge < -0.3 is 5.32 Å². The van der Waals surface area contributed by atoms with Gasteiger partial charge in [0.15, 0.2) is 0 Å². The number of carbonyl (C=O) groups excluding carboxylic acids is 1. The molecule has 2 unspecified atom stereocenters. The van der Waals surface area contributed by atoms with Gasteiger partial charge in [-0.25, -0.2) is 5.43 Å². The molecule has 7 heteroatoms. The number of hydrogen-bond donors (Lipinski definition) is 3. The molecule has 3 rings (SSSR count). The van der Waals surface area contributed by atoms with E-state index in [-0.39, 0.29) is 17.9 Å². The van der Waals surface area contributed by atoms with Crippen LogP contribution in [-0.2, 0) is 6.54 Å². The molecule has 1 aliphatic rings. The van der Waals surface area contributed by atoms with Gasteiger partial charge in [0.25, 0.3) is 5.91 Å². The number of benzene rings is 1. The van der Waals surface area contributed by atoms with Gasteiger partial charge in [0, 0.05) is 36.3 Å². The predicted molar refractivity (Wildman–Crippen MR) is 93.8 cm³/mol. The molecule has 2 aromatic rings. The van der Waals surface area contributed by atoms with E-state index in [2.05, 4.69) is 21.3 Å². The average molecular weight is 348 g/mol. The van der Waals surface area contributed by atoms with Crippen LogP contribution in [0.25, 0.3) is 0 Å². The maximum absolute atomic E-state index is 12.4. The van der Waals surface area contributed by atoms with Crippen molar-refractivity contribution in [2.24, 2.45) is 5.92 Å². The van der Waals surface area contributed by atoms with E-state index in [9.17, 15) is 4.79 Å². The van der Waals surface area contributed by atoms with Crippen molar-refractivity contribution in [1.29, 1.82) is 0 Å². The van der Waals surface area contributed by atoms with Gasteiger partial charge in [-0.15, -0.1) is 0 Å². The van der Waals surface area contributed by atoms with Crippen molar-refractivity contribution in [3.63, 3.8) is 0 Å². The summed E-state index contributed by atoms with van der Waals surface area (Å²) >= 11 is 5.95. The van der Waals surface area contributed by atoms with Gasteiger partial charge in [0.05, 0.1) is 17.8 Å². The summed E-state index contributed by atoms with van der Waals surface area (Å²) in [5, 5.41) is 7.98. The monoisotopic (exact) mass is 347 g/mol. The summed E-state index contributed by atoms with van der Waals surface area (Å²) in [6, 6.07) is 7.93. The van der Waals surface area contributed by atoms with E-state index in [1.165, 1.54) is 0 Å². The van der Waals surface area contributed by atoms with Crippen molar-refractivity contribution in [3.05, 3.63) is 52.3 Å². The van der Waals surface area contributed by atoms with Crippen LogP contribution in [0.1, 0.15) is 34.6 Å². The highest BCUT2D eigenvalue weighted by Gasteiger charge is 2.28. The van der Waals surface area contributed by atoms with Crippen molar-refractivity contribution in [2.75, 3.05) is 13.1 Å². The summed E-state index contributed by atoms with van der Waals surface area (Å²) in [4.78, 5) is 12.4. The van der Waals surface area contributed by atoms with E-state index < -0.39 is 0 Å². The molecule has 1 aliphatic heterocycles. The molecule has 0 spiro atoms. The number of rotatable bonds is 5. The van der Waals surface area contributed by atoms with Crippen molar-refractivity contribution in [2.45, 2.75) is 26.4 Å². The number of hydrogen-bond acceptors (Lipinski definition) is 4. The highest BCUT2D eigenvalue weighted by atomic mass is 35.5. The maximum Gasteiger partial charge on any atom is 0.254 e. The third-order valence-electron chi connectivity index (χ3n) is 4.49. The summed E-state index contributed by atoms with van der Waals surface area (Å²) in [6.07, 6.45) is 1.63. The molecule has 1 amide bonds. The molecule has 24 heavy (non-hydrogen) atoms. The van der Waals surface area contributed by atoms with Gasteiger partial charge in [-0.1, -0.05) is 23.7 Å². The van der Waals surface area contributed by atoms with Crippen molar-refractivity contribution >= 4 is 17.5 Å². The molecule has 2 heterocycles. The topological polar surface area (TPSA) is 71.0 Å². The smallest absolute Gasteiger partial charge is 0.254 e. The van der Waals surface area contributed by atoms with Crippen LogP contribution in [0.3, 0.4) is 0 Å². The predicted octanol–water partition coefficient (Wildman–Crippen LogP) is 2.06. The number of hydrazine groups is 1. The van der Waals surface area contributed by atoms with Gasteiger partial charge in [-0.3, -0.25) is 14.9 Å². The van der Waals surface area contributed by atoms with Gasteiger partial charge in [0.1, 0.15) is 0 Å². The first-order valence-electron chi connectivity index (χ1n) is 8.14. The first-order chi connectivity index (χ1) is 11.6. The first-order valence-corrected chi connectivity index (χ1v) is 8.52. The summed E-state index contributed by atoms with van der Waals surface area (Å²) in [5.74, 6) is 0.186. The van der Waals surface area contributed by atoms with Crippen LogP contribution in [0.2, 0.25) is 5.02 Å². The van der Waals surface area contributed by atoms with E-state index in [4.69, 9.17) is 11.6 Å². The van der Waals surface area contributed by atoms with Crippen LogP contribution >= 0.6 is 11.6 Å². The minimum atomic E-state index is -0.0750. The molecule has 0 radical (unpaired) electrons. The van der Waals surface area contributed by atoms with Crippen LogP contribution in [0.4, 0.5) is 0 Å². The van der Waals surface area contributed by atoms with Crippen LogP contribution < -0.4 is 16.2 Å². The molecule has 1 saturated heterocycles. The Kier molecular flexibility index (Phi) is 5.18. The van der Waals surface area contributed by atoms with Gasteiger partial charge in [-0.2, -0.15) is 5.10 Å². The zero-order valence-corrected chi connectivity index (χ0v) is 14.6. The quantitative estimate of drug-likeness (QED) is 0.774. The number of aryl methyl sites for hydroxylation is 1. The van der Waals surface area contributed by atoms with E-state index in [0.717, 1.165) is 29.4 Å². The Hall–Kier alpha value is -1.89. The number of carbonyl (C=O) groups is 1. The molecule has 1 aromatic heterocycles. The minimum Gasteiger partial charge on any atom is -0.352 e. The van der Waals surface area contributed by atoms with Gasteiger partial charge in [0.2, 0.25) is 0 Å². The Morgan fingerprint density at radius 3 is 2.83 bits per heavy atom. The van der Waals surface area contributed by atoms with Gasteiger partial charge in [-0.05, 0) is 31.5 Å². The Balaban J connectivity index is 1.63. The molecule has 2 atom stereocenters. The Labute approximate surface area is 146 Å². The molecule has 1 fully saturated rings. The van der Waals surface area contributed by atoms with E-state index in [1.807, 2.05) is 42.8 Å². The number of nitrogens with zero attached hydrogens (tertiary/aromatic N) is 2. The summed E-state index contributed by atoms with van der Waals surface area (Å²) in [5.41, 5.74) is 9.13. The highest BCUT2D eigenvalue weighted by molar-refractivity contribution is 6.30. The lowest BCUT2D eigenvalue weighted by atomic mass is 9.95. The lowest BCUT2D eigenvalue weighted by Gasteiger charge is -2.19. The second-order valence-corrected chi connectivity index (χ2v) is 6.42. The summed E-state index contributed by atoms with van der Waals surface area (Å²) in [7, 11) is 0. The second kappa shape index (κ2) is 7.34. The Morgan fingerprint density at radius 1 is 1.42 bits per heavy atom. The molecule has 128 valence electrons. The lowest BCUT2D eigenvalue weighted by Crippen LogP contribution is -2.33. The molecule has 3 N–H and O–H groups in total. The molecular weight excluding hydrogens is 326 g/mol. The molecule has 6 nitrogen and oxygen atoms in total. The molecule has 1 aromatic carbocycles. The van der Waals surface area contributed by atoms with E-state index in [0.29, 0.717) is 12.1 Å². The standard InChI is InChI=1S/C17H22ClN5O/c1-3-23-11(2)15(10-21-23)17(24)19-8-13-9-20-22-16(13)12-4-6-14(18)7-5-12/h4-7,10,13,16,20,22H,3,8-9H2,1-2H3,(H,19,24). The third-order valence-corrected chi connectivity index (χ3v) is 4.75. The molecule has 0 bridgehead atoms. The largest absolute Gasteiger partial charge is 0.352 e. The zero-order valence-electron chi connectivity index (χ0n) is 13.8. The zero-order chi connectivity index (χ0) is 17.1. The number of halogens is 1. The van der Waals surface area contributed by atoms with Crippen molar-refractivity contribution < 1.29 is 4.79 Å². The first kappa shape index (κ1) is 17.0. The average Bonchev–Trinajstić information content (AvgIpc) is 3.19. The number of nitrogens with one attached hydrogen (secondary N) is 3. The minimum absolute atomic E-state index is 0.0750. The van der Waals surface area contributed by atoms with Crippen molar-refractivity contribution in [3.8, 4) is 0 Å². The summed E-state index contributed by atoms with van der Waals surface area (Å²) in [6.45, 7) is 6.06. The number of amides is 1. The fourth-order valence-electron chi connectivity index (χ4n) is 3.06. The molecular formula is C17H22ClN5O. The van der Waals surface area contributed by atoms with Crippen LogP contribution in [0.15, 0.2) is 30.5 Å². The Bertz CT molecular complexity index is 712. The second-order valence-electron chi connectivity index (χ2n) is 5.98. The lowest BCUT2D eigenvalue weighted by molar-refractivity contribution is 0.0946. The summed E-state index contributed by atoms with van der Waals surface area (Å²) < 4.78 is 1.82. The normalized spacial score (nSPS) is 20.3. The van der Waals surface area contributed by atoms with Crippen molar-refractivity contribution in [1.82, 2.24) is 25.9 Å². The maximum atomic E-state index is 12.4. The van der Waals surface area contributed by atoms with Crippen LogP contribution in [0, 0.1) is 12.8 Å². The fraction of sp³-hybridized carbons (Fsp3) is 0.412. The van der Waals surface area contributed by atoms with E-state index >= 15 is 0 Å². The number of aromatic nitrogens is 2. The SMILES string of the molecule is CCn1ncc(C(=O)NCC2CNNC2c2ccc(Cl)cc2)c1C. The highest BCUT2D eigenvalue weighted by Crippen LogP contribution is 2.25. The van der Waals surface area contributed by atoms with Gasteiger partial charge >= 0.3 is 0 Å². The van der Waals surface area contributed by atoms with E-state index in [1.54, 1.807) is 6.20 Å².